The van der Waals surface area contributed by atoms with Crippen LogP contribution in [0, 0.1) is 6.07 Å². The molecule has 0 unspecified atom stereocenters. The summed E-state index contributed by atoms with van der Waals surface area (Å²) in [4.78, 5) is 10.9. The Kier molecular flexibility index (Phi) is 11.6. The van der Waals surface area contributed by atoms with Gasteiger partial charge in [0.05, 0.1) is 22.3 Å². The third kappa shape index (κ3) is 8.19. The maximum Gasteiger partial charge on any atom is 0.148 e. The fourth-order valence-electron chi connectivity index (χ4n) is 9.61. The number of nitrogens with zero attached hydrogens (tertiary/aromatic N) is 3. The van der Waals surface area contributed by atoms with E-state index < -0.39 is 0 Å². The molecule has 0 aliphatic heterocycles. The topological polar surface area (TPSA) is 50.9 Å². The van der Waals surface area contributed by atoms with Crippen LogP contribution in [0.25, 0.3) is 72.7 Å². The molecule has 2 aromatic heterocycles. The molecule has 0 saturated heterocycles. The van der Waals surface area contributed by atoms with Crippen LogP contribution >= 0.6 is 0 Å². The zero-order chi connectivity index (χ0) is 46.6. The van der Waals surface area contributed by atoms with Crippen LogP contribution in [0.1, 0.15) is 130 Å². The van der Waals surface area contributed by atoms with Crippen LogP contribution in [0.15, 0.2) is 128 Å². The second-order valence-electron chi connectivity index (χ2n) is 22.9. The van der Waals surface area contributed by atoms with Gasteiger partial charge in [-0.1, -0.05) is 193 Å². The molecule has 8 aromatic rings. The third-order valence-corrected chi connectivity index (χ3v) is 13.7. The van der Waals surface area contributed by atoms with Crippen molar-refractivity contribution < 1.29 is 26.2 Å². The van der Waals surface area contributed by atoms with Crippen LogP contribution in [0.4, 0.5) is 0 Å². The van der Waals surface area contributed by atoms with Gasteiger partial charge in [0.15, 0.2) is 0 Å². The van der Waals surface area contributed by atoms with Gasteiger partial charge in [0.2, 0.25) is 0 Å². The number of hydrogen-bond acceptors (Lipinski definition) is 3. The molecule has 340 valence electrons. The largest absolute Gasteiger partial charge is 0.507 e. The van der Waals surface area contributed by atoms with E-state index in [1.54, 1.807) is 0 Å². The molecule has 1 aliphatic carbocycles. The van der Waals surface area contributed by atoms with E-state index in [0.29, 0.717) is 11.4 Å². The maximum atomic E-state index is 12.6. The van der Waals surface area contributed by atoms with Crippen LogP contribution in [-0.2, 0) is 48.1 Å². The zero-order valence-corrected chi connectivity index (χ0v) is 43.5. The summed E-state index contributed by atoms with van der Waals surface area (Å²) in [5.74, 6) is 0.947. The second-order valence-corrected chi connectivity index (χ2v) is 22.9. The number of fused-ring (bicyclic) bond motifs is 4. The van der Waals surface area contributed by atoms with Gasteiger partial charge in [-0.3, -0.25) is 9.55 Å². The Bertz CT molecular complexity index is 3160. The first-order chi connectivity index (χ1) is 30.4. The second kappa shape index (κ2) is 16.3. The van der Waals surface area contributed by atoms with Crippen molar-refractivity contribution in [3.8, 4) is 67.5 Å². The number of aromatic hydroxyl groups is 1. The molecule has 4 nitrogen and oxygen atoms in total. The van der Waals surface area contributed by atoms with Gasteiger partial charge < -0.3 is 5.11 Å². The van der Waals surface area contributed by atoms with Crippen molar-refractivity contribution in [2.75, 3.05) is 0 Å². The van der Waals surface area contributed by atoms with Crippen molar-refractivity contribution >= 4 is 11.0 Å². The molecule has 1 N–H and O–H groups in total. The van der Waals surface area contributed by atoms with E-state index in [1.807, 2.05) is 0 Å². The standard InChI is InChI=1S/C61H64N3O.Pt/c1-57(2,3)40-27-28-52(45(32-40)37-21-16-15-17-22-37)64-53-26-20-24-43(54(53)63-56(64)47-33-42(59(7,8)9)34-49(55(47)65)60(10,11)12)38-29-39(31-41(30-38)58(4,5)6)51-35-46-44-23-18-19-25-48(44)61(13,14)50(46)36-62-51;/h15-28,30-36,65H,1-14H3;/q-1;. The first-order valence-corrected chi connectivity index (χ1v) is 23.2. The number of phenolic OH excluding ortho intramolecular Hbond substituents is 1. The van der Waals surface area contributed by atoms with Crippen molar-refractivity contribution in [2.24, 2.45) is 0 Å². The summed E-state index contributed by atoms with van der Waals surface area (Å²) in [5.41, 5.74) is 18.1. The third-order valence-electron chi connectivity index (χ3n) is 13.7. The SMILES string of the molecule is CC(C)(C)c1cc(-c2cc3c(cn2)C(C)(C)c2ccccc2-3)[c-]c(-c2cccc3c2nc(-c2cc(C(C)(C)C)cc(C(C)(C)C)c2O)n3-c2ccc(C(C)(C)C)cc2-c2ccccc2)c1.[Pt]. The Morgan fingerprint density at radius 2 is 1.14 bits per heavy atom. The monoisotopic (exact) mass is 1050 g/mol. The molecule has 0 bridgehead atoms. The van der Waals surface area contributed by atoms with Crippen LogP contribution in [-0.4, -0.2) is 19.6 Å². The Morgan fingerprint density at radius 1 is 0.530 bits per heavy atom. The number of benzene rings is 6. The predicted molar refractivity (Wildman–Crippen MR) is 273 cm³/mol. The quantitative estimate of drug-likeness (QED) is 0.175. The molecule has 0 atom stereocenters. The van der Waals surface area contributed by atoms with Crippen LogP contribution in [0.3, 0.4) is 0 Å². The van der Waals surface area contributed by atoms with Crippen molar-refractivity contribution in [1.29, 1.82) is 0 Å². The molecule has 0 amide bonds. The number of para-hydroxylation sites is 1. The minimum Gasteiger partial charge on any atom is -0.507 e. The minimum absolute atomic E-state index is 0. The summed E-state index contributed by atoms with van der Waals surface area (Å²) < 4.78 is 2.29. The molecule has 66 heavy (non-hydrogen) atoms. The van der Waals surface area contributed by atoms with Gasteiger partial charge in [-0.25, -0.2) is 4.98 Å². The Morgan fingerprint density at radius 3 is 1.80 bits per heavy atom. The van der Waals surface area contributed by atoms with Crippen LogP contribution < -0.4 is 0 Å². The van der Waals surface area contributed by atoms with Crippen molar-refractivity contribution in [2.45, 2.75) is 124 Å². The molecule has 1 aliphatic rings. The summed E-state index contributed by atoms with van der Waals surface area (Å²) in [6.07, 6.45) is 2.08. The van der Waals surface area contributed by atoms with E-state index in [-0.39, 0.29) is 53.9 Å². The molecule has 9 rings (SSSR count). The summed E-state index contributed by atoms with van der Waals surface area (Å²) >= 11 is 0. The minimum atomic E-state index is -0.326. The summed E-state index contributed by atoms with van der Waals surface area (Å²) in [6.45, 7) is 31.4. The molecule has 0 radical (unpaired) electrons. The van der Waals surface area contributed by atoms with Crippen molar-refractivity contribution in [3.63, 3.8) is 0 Å². The fourth-order valence-corrected chi connectivity index (χ4v) is 9.61. The van der Waals surface area contributed by atoms with Gasteiger partial charge in [-0.15, -0.1) is 29.3 Å². The van der Waals surface area contributed by atoms with Crippen molar-refractivity contribution in [1.82, 2.24) is 14.5 Å². The van der Waals surface area contributed by atoms with E-state index in [2.05, 4.69) is 235 Å². The van der Waals surface area contributed by atoms with Gasteiger partial charge in [0.1, 0.15) is 11.6 Å². The van der Waals surface area contributed by atoms with E-state index >= 15 is 0 Å². The van der Waals surface area contributed by atoms with Gasteiger partial charge in [0.25, 0.3) is 0 Å². The molecule has 0 fully saturated rings. The van der Waals surface area contributed by atoms with E-state index in [1.165, 1.54) is 33.4 Å². The number of pyridine rings is 1. The van der Waals surface area contributed by atoms with E-state index in [9.17, 15) is 5.11 Å². The summed E-state index contributed by atoms with van der Waals surface area (Å²) in [6, 6.07) is 47.8. The van der Waals surface area contributed by atoms with Gasteiger partial charge in [-0.2, -0.15) is 0 Å². The zero-order valence-electron chi connectivity index (χ0n) is 41.2. The van der Waals surface area contributed by atoms with Crippen LogP contribution in [0.2, 0.25) is 0 Å². The summed E-state index contributed by atoms with van der Waals surface area (Å²) in [5, 5.41) is 12.6. The summed E-state index contributed by atoms with van der Waals surface area (Å²) in [7, 11) is 0. The van der Waals surface area contributed by atoms with Gasteiger partial charge in [0, 0.05) is 49.5 Å². The Balaban J connectivity index is 0.00000592. The van der Waals surface area contributed by atoms with Gasteiger partial charge in [-0.05, 0) is 84.9 Å². The molecule has 0 spiro atoms. The molecular formula is C61H64N3OPt-. The average molecular weight is 1050 g/mol. The van der Waals surface area contributed by atoms with Gasteiger partial charge >= 0.3 is 0 Å². The normalized spacial score (nSPS) is 13.7. The first-order valence-electron chi connectivity index (χ1n) is 23.2. The number of phenols is 1. The molecule has 6 aromatic carbocycles. The Hall–Kier alpha value is -5.57. The Labute approximate surface area is 407 Å². The first kappa shape index (κ1) is 46.9. The van der Waals surface area contributed by atoms with Crippen molar-refractivity contribution in [3.05, 3.63) is 167 Å². The smallest absolute Gasteiger partial charge is 0.148 e. The maximum absolute atomic E-state index is 12.6. The fraction of sp³-hybridized carbons (Fsp3) is 0.311. The number of imidazole rings is 1. The number of hydrogen-bond donors (Lipinski definition) is 1. The molecule has 2 heterocycles. The number of rotatable bonds is 5. The van der Waals surface area contributed by atoms with E-state index in [0.717, 1.165) is 61.4 Å². The molecule has 5 heteroatoms. The average Bonchev–Trinajstić information content (AvgIpc) is 3.74. The van der Waals surface area contributed by atoms with Crippen LogP contribution in [0.5, 0.6) is 5.75 Å². The molecular weight excluding hydrogens is 986 g/mol. The van der Waals surface area contributed by atoms with E-state index in [4.69, 9.17) is 9.97 Å². The number of aromatic nitrogens is 3. The molecule has 0 saturated carbocycles. The predicted octanol–water partition coefficient (Wildman–Crippen LogP) is 16.1.